The molecule has 0 unspecified atom stereocenters. The van der Waals surface area contributed by atoms with Gasteiger partial charge in [-0.05, 0) is 67.8 Å². The van der Waals surface area contributed by atoms with Gasteiger partial charge in [-0.15, -0.1) is 0 Å². The van der Waals surface area contributed by atoms with E-state index in [4.69, 9.17) is 13.6 Å². The van der Waals surface area contributed by atoms with Crippen molar-refractivity contribution >= 4 is 7.82 Å². The highest BCUT2D eigenvalue weighted by Crippen LogP contribution is 2.50. The maximum Gasteiger partial charge on any atom is 0.647 e. The first-order valence-electron chi connectivity index (χ1n) is 8.31. The van der Waals surface area contributed by atoms with Gasteiger partial charge in [-0.25, -0.2) is 0 Å². The minimum Gasteiger partial charge on any atom is -0.386 e. The SMILES string of the molecule is Cc1cccc(OP(=O)(Oc2cccc(C)c2)Oc2ccccc2C)c1. The fourth-order valence-corrected chi connectivity index (χ4v) is 3.74. The van der Waals surface area contributed by atoms with Crippen LogP contribution < -0.4 is 13.6 Å². The highest BCUT2D eigenvalue weighted by Gasteiger charge is 2.33. The van der Waals surface area contributed by atoms with Crippen LogP contribution in [-0.2, 0) is 4.57 Å². The molecule has 0 aliphatic heterocycles. The third kappa shape index (κ3) is 4.68. The third-order valence-corrected chi connectivity index (χ3v) is 5.01. The largest absolute Gasteiger partial charge is 0.647 e. The van der Waals surface area contributed by atoms with Gasteiger partial charge in [0.2, 0.25) is 0 Å². The lowest BCUT2D eigenvalue weighted by atomic mass is 10.2. The third-order valence-electron chi connectivity index (χ3n) is 3.72. The van der Waals surface area contributed by atoms with Gasteiger partial charge < -0.3 is 13.6 Å². The van der Waals surface area contributed by atoms with E-state index in [0.717, 1.165) is 16.7 Å². The summed E-state index contributed by atoms with van der Waals surface area (Å²) >= 11 is 0. The Morgan fingerprint density at radius 3 is 1.69 bits per heavy atom. The molecule has 3 rings (SSSR count). The molecule has 0 spiro atoms. The summed E-state index contributed by atoms with van der Waals surface area (Å²) in [6.07, 6.45) is 0. The molecule has 0 heterocycles. The first-order valence-corrected chi connectivity index (χ1v) is 9.77. The maximum atomic E-state index is 13.4. The Bertz CT molecular complexity index is 901. The van der Waals surface area contributed by atoms with Gasteiger partial charge in [0, 0.05) is 0 Å². The highest BCUT2D eigenvalue weighted by atomic mass is 31.2. The van der Waals surface area contributed by atoms with Crippen LogP contribution in [-0.4, -0.2) is 0 Å². The van der Waals surface area contributed by atoms with Gasteiger partial charge in [0.25, 0.3) is 0 Å². The molecule has 0 aromatic heterocycles. The summed E-state index contributed by atoms with van der Waals surface area (Å²) in [5.74, 6) is 1.31. The monoisotopic (exact) mass is 368 g/mol. The van der Waals surface area contributed by atoms with Crippen molar-refractivity contribution in [3.05, 3.63) is 89.5 Å². The molecule has 0 bridgehead atoms. The van der Waals surface area contributed by atoms with E-state index in [1.54, 1.807) is 30.3 Å². The lowest BCUT2D eigenvalue weighted by Gasteiger charge is -2.20. The molecule has 0 fully saturated rings. The number of para-hydroxylation sites is 1. The van der Waals surface area contributed by atoms with Gasteiger partial charge in [0.1, 0.15) is 17.2 Å². The fraction of sp³-hybridized carbons (Fsp3) is 0.143. The molecule has 134 valence electrons. The Labute approximate surface area is 154 Å². The van der Waals surface area contributed by atoms with E-state index >= 15 is 0 Å². The van der Waals surface area contributed by atoms with Crippen molar-refractivity contribution in [1.82, 2.24) is 0 Å². The molecule has 26 heavy (non-hydrogen) atoms. The lowest BCUT2D eigenvalue weighted by molar-refractivity contribution is 0.297. The summed E-state index contributed by atoms with van der Waals surface area (Å²) in [6.45, 7) is 5.74. The van der Waals surface area contributed by atoms with Crippen molar-refractivity contribution in [2.75, 3.05) is 0 Å². The number of phosphoric acid groups is 1. The Morgan fingerprint density at radius 1 is 0.654 bits per heavy atom. The van der Waals surface area contributed by atoms with Gasteiger partial charge in [-0.3, -0.25) is 0 Å². The molecule has 0 saturated heterocycles. The second-order valence-electron chi connectivity index (χ2n) is 6.12. The van der Waals surface area contributed by atoms with Gasteiger partial charge in [0.15, 0.2) is 0 Å². The number of hydrogen-bond acceptors (Lipinski definition) is 4. The fourth-order valence-electron chi connectivity index (χ4n) is 2.44. The van der Waals surface area contributed by atoms with Crippen molar-refractivity contribution in [2.45, 2.75) is 20.8 Å². The second kappa shape index (κ2) is 7.67. The summed E-state index contributed by atoms with van der Waals surface area (Å²) in [5.41, 5.74) is 2.81. The van der Waals surface area contributed by atoms with E-state index in [0.29, 0.717) is 17.2 Å². The van der Waals surface area contributed by atoms with Crippen LogP contribution in [0.4, 0.5) is 0 Å². The summed E-state index contributed by atoms with van der Waals surface area (Å²) in [7, 11) is -3.95. The molecule has 0 saturated carbocycles. The van der Waals surface area contributed by atoms with Gasteiger partial charge in [0.05, 0.1) is 0 Å². The minimum atomic E-state index is -3.95. The summed E-state index contributed by atoms with van der Waals surface area (Å²) in [4.78, 5) is 0. The van der Waals surface area contributed by atoms with Crippen molar-refractivity contribution in [3.8, 4) is 17.2 Å². The van der Waals surface area contributed by atoms with Crippen LogP contribution in [0, 0.1) is 20.8 Å². The topological polar surface area (TPSA) is 44.8 Å². The number of aryl methyl sites for hydroxylation is 3. The van der Waals surface area contributed by atoms with Gasteiger partial charge in [-0.1, -0.05) is 42.5 Å². The molecule has 3 aromatic rings. The summed E-state index contributed by atoms with van der Waals surface area (Å²) < 4.78 is 30.6. The minimum absolute atomic E-state index is 0.426. The molecule has 3 aromatic carbocycles. The molecule has 0 atom stereocenters. The van der Waals surface area contributed by atoms with Crippen LogP contribution >= 0.6 is 7.82 Å². The molecule has 0 amide bonds. The Morgan fingerprint density at radius 2 is 1.19 bits per heavy atom. The second-order valence-corrected chi connectivity index (χ2v) is 7.56. The molecular weight excluding hydrogens is 347 g/mol. The zero-order valence-corrected chi connectivity index (χ0v) is 15.9. The lowest BCUT2D eigenvalue weighted by Crippen LogP contribution is -2.08. The highest BCUT2D eigenvalue weighted by molar-refractivity contribution is 7.49. The Kier molecular flexibility index (Phi) is 5.34. The quantitative estimate of drug-likeness (QED) is 0.482. The predicted molar refractivity (Wildman–Crippen MR) is 103 cm³/mol. The van der Waals surface area contributed by atoms with Crippen LogP contribution in [0.2, 0.25) is 0 Å². The number of phosphoric ester groups is 1. The number of rotatable bonds is 6. The Hall–Kier alpha value is -2.71. The van der Waals surface area contributed by atoms with Crippen molar-refractivity contribution in [2.24, 2.45) is 0 Å². The van der Waals surface area contributed by atoms with Crippen molar-refractivity contribution in [3.63, 3.8) is 0 Å². The molecule has 5 heteroatoms. The van der Waals surface area contributed by atoms with E-state index in [-0.39, 0.29) is 0 Å². The van der Waals surface area contributed by atoms with Crippen LogP contribution in [0.3, 0.4) is 0 Å². The first kappa shape index (κ1) is 18.1. The molecule has 0 aliphatic carbocycles. The maximum absolute atomic E-state index is 13.4. The Balaban J connectivity index is 1.94. The predicted octanol–water partition coefficient (Wildman–Crippen LogP) is 6.26. The van der Waals surface area contributed by atoms with Crippen LogP contribution in [0.15, 0.2) is 72.8 Å². The standard InChI is InChI=1S/C21H21O4P/c1-16-8-6-11-19(14-16)23-26(22,24-20-12-7-9-17(2)15-20)25-21-13-5-4-10-18(21)3/h4-15H,1-3H3. The smallest absolute Gasteiger partial charge is 0.386 e. The normalized spacial score (nSPS) is 11.0. The number of benzene rings is 3. The molecule has 0 radical (unpaired) electrons. The van der Waals surface area contributed by atoms with E-state index < -0.39 is 7.82 Å². The van der Waals surface area contributed by atoms with Gasteiger partial charge in [-0.2, -0.15) is 4.57 Å². The molecular formula is C21H21O4P. The van der Waals surface area contributed by atoms with E-state index in [2.05, 4.69) is 0 Å². The molecule has 0 N–H and O–H groups in total. The van der Waals surface area contributed by atoms with Crippen LogP contribution in [0.5, 0.6) is 17.2 Å². The van der Waals surface area contributed by atoms with Gasteiger partial charge >= 0.3 is 7.82 Å². The van der Waals surface area contributed by atoms with Crippen LogP contribution in [0.25, 0.3) is 0 Å². The van der Waals surface area contributed by atoms with E-state index in [1.165, 1.54) is 0 Å². The van der Waals surface area contributed by atoms with E-state index in [9.17, 15) is 4.57 Å². The molecule has 0 aliphatic rings. The zero-order chi connectivity index (χ0) is 18.6. The van der Waals surface area contributed by atoms with Crippen molar-refractivity contribution < 1.29 is 18.1 Å². The molecule has 4 nitrogen and oxygen atoms in total. The average molecular weight is 368 g/mol. The average Bonchev–Trinajstić information content (AvgIpc) is 2.57. The number of hydrogen-bond donors (Lipinski definition) is 0. The first-order chi connectivity index (χ1) is 12.4. The summed E-state index contributed by atoms with van der Waals surface area (Å²) in [6, 6.07) is 21.8. The van der Waals surface area contributed by atoms with E-state index in [1.807, 2.05) is 63.2 Å². The summed E-state index contributed by atoms with van der Waals surface area (Å²) in [5, 5.41) is 0. The zero-order valence-electron chi connectivity index (χ0n) is 15.0. The van der Waals surface area contributed by atoms with Crippen LogP contribution in [0.1, 0.15) is 16.7 Å². The van der Waals surface area contributed by atoms with Crippen molar-refractivity contribution in [1.29, 1.82) is 0 Å².